The van der Waals surface area contributed by atoms with Crippen molar-refractivity contribution in [2.24, 2.45) is 11.3 Å². The molecule has 2 atom stereocenters. The van der Waals surface area contributed by atoms with Crippen molar-refractivity contribution in [3.63, 3.8) is 0 Å². The standard InChI is InChI=1S/C17H20F3NO4/c1-16(2,15(23)24)7-8-21-14(22)12-9-11(12)10-5-3-4-6-13(10)25-17(18,19)20/h3-6,11-12H,7-9H2,1-2H3,(H,21,22)(H,23,24). The summed E-state index contributed by atoms with van der Waals surface area (Å²) in [5, 5.41) is 11.7. The molecule has 25 heavy (non-hydrogen) atoms. The minimum Gasteiger partial charge on any atom is -0.481 e. The van der Waals surface area contributed by atoms with E-state index in [-0.39, 0.29) is 30.5 Å². The van der Waals surface area contributed by atoms with E-state index in [4.69, 9.17) is 5.11 Å². The normalized spacial score (nSPS) is 20.0. The number of hydrogen-bond acceptors (Lipinski definition) is 3. The summed E-state index contributed by atoms with van der Waals surface area (Å²) in [4.78, 5) is 23.1. The molecule has 0 radical (unpaired) electrons. The highest BCUT2D eigenvalue weighted by molar-refractivity contribution is 5.83. The van der Waals surface area contributed by atoms with Gasteiger partial charge in [-0.05, 0) is 44.2 Å². The van der Waals surface area contributed by atoms with E-state index in [9.17, 15) is 22.8 Å². The van der Waals surface area contributed by atoms with Crippen molar-refractivity contribution in [3.05, 3.63) is 29.8 Å². The van der Waals surface area contributed by atoms with E-state index in [1.165, 1.54) is 18.2 Å². The maximum absolute atomic E-state index is 12.5. The van der Waals surface area contributed by atoms with Crippen LogP contribution in [0, 0.1) is 11.3 Å². The van der Waals surface area contributed by atoms with Crippen LogP contribution in [0.2, 0.25) is 0 Å². The molecule has 1 amide bonds. The van der Waals surface area contributed by atoms with Crippen LogP contribution >= 0.6 is 0 Å². The summed E-state index contributed by atoms with van der Waals surface area (Å²) in [5.41, 5.74) is -0.602. The molecule has 8 heteroatoms. The monoisotopic (exact) mass is 359 g/mol. The van der Waals surface area contributed by atoms with Gasteiger partial charge in [0.05, 0.1) is 5.41 Å². The molecule has 1 aromatic rings. The van der Waals surface area contributed by atoms with Crippen LogP contribution in [0.25, 0.3) is 0 Å². The Morgan fingerprint density at radius 1 is 1.28 bits per heavy atom. The molecular formula is C17H20F3NO4. The number of carboxylic acids is 1. The van der Waals surface area contributed by atoms with Gasteiger partial charge in [0.25, 0.3) is 0 Å². The van der Waals surface area contributed by atoms with Gasteiger partial charge in [-0.25, -0.2) is 0 Å². The van der Waals surface area contributed by atoms with E-state index >= 15 is 0 Å². The molecule has 1 aliphatic carbocycles. The molecule has 0 bridgehead atoms. The average molecular weight is 359 g/mol. The first-order valence-corrected chi connectivity index (χ1v) is 7.87. The predicted octanol–water partition coefficient (Wildman–Crippen LogP) is 3.31. The third-order valence-corrected chi connectivity index (χ3v) is 4.30. The lowest BCUT2D eigenvalue weighted by atomic mass is 9.90. The number of nitrogens with one attached hydrogen (secondary N) is 1. The molecule has 0 heterocycles. The fourth-order valence-electron chi connectivity index (χ4n) is 2.57. The van der Waals surface area contributed by atoms with Crippen molar-refractivity contribution in [1.29, 1.82) is 0 Å². The zero-order chi connectivity index (χ0) is 18.8. The quantitative estimate of drug-likeness (QED) is 0.783. The van der Waals surface area contributed by atoms with Gasteiger partial charge in [0.1, 0.15) is 5.75 Å². The third kappa shape index (κ3) is 5.11. The summed E-state index contributed by atoms with van der Waals surface area (Å²) < 4.78 is 41.4. The number of hydrogen-bond donors (Lipinski definition) is 2. The van der Waals surface area contributed by atoms with Crippen molar-refractivity contribution in [2.75, 3.05) is 6.54 Å². The van der Waals surface area contributed by atoms with Crippen LogP contribution < -0.4 is 10.1 Å². The Hall–Kier alpha value is -2.25. The van der Waals surface area contributed by atoms with Crippen LogP contribution in [-0.4, -0.2) is 29.9 Å². The predicted molar refractivity (Wildman–Crippen MR) is 83.0 cm³/mol. The second kappa shape index (κ2) is 6.93. The number of alkyl halides is 3. The second-order valence-electron chi connectivity index (χ2n) is 6.76. The van der Waals surface area contributed by atoms with Crippen molar-refractivity contribution < 1.29 is 32.6 Å². The van der Waals surface area contributed by atoms with Gasteiger partial charge in [-0.2, -0.15) is 0 Å². The van der Waals surface area contributed by atoms with Crippen molar-refractivity contribution in [2.45, 2.75) is 39.0 Å². The van der Waals surface area contributed by atoms with Gasteiger partial charge in [-0.3, -0.25) is 9.59 Å². The van der Waals surface area contributed by atoms with Gasteiger partial charge >= 0.3 is 12.3 Å². The van der Waals surface area contributed by atoms with Crippen LogP contribution in [0.3, 0.4) is 0 Å². The van der Waals surface area contributed by atoms with E-state index in [2.05, 4.69) is 10.1 Å². The number of carboxylic acid groups (broad SMARTS) is 1. The zero-order valence-electron chi connectivity index (χ0n) is 13.9. The second-order valence-corrected chi connectivity index (χ2v) is 6.76. The molecular weight excluding hydrogens is 339 g/mol. The first kappa shape index (κ1) is 19.1. The Bertz CT molecular complexity index is 658. The Balaban J connectivity index is 1.92. The van der Waals surface area contributed by atoms with Crippen LogP contribution in [0.1, 0.15) is 38.2 Å². The largest absolute Gasteiger partial charge is 0.573 e. The van der Waals surface area contributed by atoms with E-state index in [0.717, 1.165) is 0 Å². The summed E-state index contributed by atoms with van der Waals surface area (Å²) in [6.07, 6.45) is -4.09. The first-order valence-electron chi connectivity index (χ1n) is 7.87. The Labute approximate surface area is 143 Å². The highest BCUT2D eigenvalue weighted by atomic mass is 19.4. The molecule has 1 aliphatic rings. The van der Waals surface area contributed by atoms with Crippen LogP contribution in [-0.2, 0) is 9.59 Å². The Morgan fingerprint density at radius 2 is 1.92 bits per heavy atom. The molecule has 2 N–H and O–H groups in total. The smallest absolute Gasteiger partial charge is 0.481 e. The molecule has 2 rings (SSSR count). The molecule has 0 aromatic heterocycles. The van der Waals surface area contributed by atoms with E-state index in [1.54, 1.807) is 19.9 Å². The fourth-order valence-corrected chi connectivity index (χ4v) is 2.57. The molecule has 138 valence electrons. The van der Waals surface area contributed by atoms with Gasteiger partial charge in [-0.15, -0.1) is 13.2 Å². The Kier molecular flexibility index (Phi) is 5.29. The number of amides is 1. The van der Waals surface area contributed by atoms with E-state index in [0.29, 0.717) is 12.0 Å². The maximum Gasteiger partial charge on any atom is 0.573 e. The number of carbonyl (C=O) groups is 2. The van der Waals surface area contributed by atoms with Gasteiger partial charge < -0.3 is 15.2 Å². The minimum atomic E-state index is -4.79. The summed E-state index contributed by atoms with van der Waals surface area (Å²) in [5.74, 6) is -2.28. The highest BCUT2D eigenvalue weighted by Crippen LogP contribution is 2.51. The lowest BCUT2D eigenvalue weighted by molar-refractivity contribution is -0.274. The maximum atomic E-state index is 12.5. The average Bonchev–Trinajstić information content (AvgIpc) is 3.26. The lowest BCUT2D eigenvalue weighted by Crippen LogP contribution is -2.32. The number of benzene rings is 1. The van der Waals surface area contributed by atoms with Crippen LogP contribution in [0.5, 0.6) is 5.75 Å². The van der Waals surface area contributed by atoms with Crippen molar-refractivity contribution >= 4 is 11.9 Å². The summed E-state index contributed by atoms with van der Waals surface area (Å²) in [7, 11) is 0. The first-order chi connectivity index (χ1) is 11.5. The fraction of sp³-hybridized carbons (Fsp3) is 0.529. The van der Waals surface area contributed by atoms with Crippen molar-refractivity contribution in [1.82, 2.24) is 5.32 Å². The minimum absolute atomic E-state index is 0.196. The Morgan fingerprint density at radius 3 is 2.52 bits per heavy atom. The molecule has 0 aliphatic heterocycles. The molecule has 1 aromatic carbocycles. The lowest BCUT2D eigenvalue weighted by Gasteiger charge is -2.19. The van der Waals surface area contributed by atoms with Crippen molar-refractivity contribution in [3.8, 4) is 5.75 Å². The molecule has 0 saturated heterocycles. The van der Waals surface area contributed by atoms with E-state index < -0.39 is 23.7 Å². The number of halogens is 3. The zero-order valence-corrected chi connectivity index (χ0v) is 13.9. The molecule has 5 nitrogen and oxygen atoms in total. The number of rotatable bonds is 7. The molecule has 1 saturated carbocycles. The summed E-state index contributed by atoms with van der Waals surface area (Å²) >= 11 is 0. The van der Waals surface area contributed by atoms with Crippen LogP contribution in [0.15, 0.2) is 24.3 Å². The van der Waals surface area contributed by atoms with Gasteiger partial charge in [0, 0.05) is 12.5 Å². The SMILES string of the molecule is CC(C)(CCNC(=O)C1CC1c1ccccc1OC(F)(F)F)C(=O)O. The number of para-hydroxylation sites is 1. The summed E-state index contributed by atoms with van der Waals surface area (Å²) in [6, 6.07) is 5.79. The topological polar surface area (TPSA) is 75.6 Å². The van der Waals surface area contributed by atoms with Gasteiger partial charge in [-0.1, -0.05) is 18.2 Å². The number of carbonyl (C=O) groups excluding carboxylic acids is 1. The highest BCUT2D eigenvalue weighted by Gasteiger charge is 2.46. The molecule has 0 spiro atoms. The number of aliphatic carboxylic acids is 1. The molecule has 2 unspecified atom stereocenters. The number of ether oxygens (including phenoxy) is 1. The van der Waals surface area contributed by atoms with Gasteiger partial charge in [0.15, 0.2) is 0 Å². The molecule has 1 fully saturated rings. The summed E-state index contributed by atoms with van der Waals surface area (Å²) in [6.45, 7) is 3.32. The third-order valence-electron chi connectivity index (χ3n) is 4.30. The van der Waals surface area contributed by atoms with Crippen LogP contribution in [0.4, 0.5) is 13.2 Å². The van der Waals surface area contributed by atoms with E-state index in [1.807, 2.05) is 0 Å². The van der Waals surface area contributed by atoms with Gasteiger partial charge in [0.2, 0.25) is 5.91 Å².